The normalized spacial score (nSPS) is 14.7. The van der Waals surface area contributed by atoms with Crippen molar-refractivity contribution < 1.29 is 9.72 Å². The molecule has 0 saturated heterocycles. The Morgan fingerprint density at radius 2 is 1.83 bits per heavy atom. The molecule has 174 valence electrons. The number of benzene rings is 3. The van der Waals surface area contributed by atoms with Crippen LogP contribution >= 0.6 is 11.6 Å². The van der Waals surface area contributed by atoms with Crippen molar-refractivity contribution in [1.29, 1.82) is 0 Å². The summed E-state index contributed by atoms with van der Waals surface area (Å²) in [5, 5.41) is 22.7. The van der Waals surface area contributed by atoms with Crippen molar-refractivity contribution in [3.63, 3.8) is 0 Å². The highest BCUT2D eigenvalue weighted by molar-refractivity contribution is 6.33. The molecule has 0 bridgehead atoms. The van der Waals surface area contributed by atoms with Gasteiger partial charge in [-0.3, -0.25) is 14.9 Å². The first-order valence-electron chi connectivity index (χ1n) is 10.7. The van der Waals surface area contributed by atoms with Gasteiger partial charge < -0.3 is 10.6 Å². The molecule has 2 N–H and O–H groups in total. The molecule has 2 heterocycles. The second-order valence-corrected chi connectivity index (χ2v) is 8.33. The smallest absolute Gasteiger partial charge is 0.269 e. The number of nitro benzene ring substituents is 1. The summed E-state index contributed by atoms with van der Waals surface area (Å²) in [6.45, 7) is 1.76. The summed E-state index contributed by atoms with van der Waals surface area (Å²) in [7, 11) is 0. The van der Waals surface area contributed by atoms with Gasteiger partial charge in [-0.15, -0.1) is 5.10 Å². The number of hydrogen-bond acceptors (Lipinski definition) is 6. The number of carbonyl (C=O) groups excluding carboxylic acids is 1. The van der Waals surface area contributed by atoms with Crippen molar-refractivity contribution >= 4 is 34.8 Å². The van der Waals surface area contributed by atoms with Gasteiger partial charge in [0.15, 0.2) is 5.82 Å². The van der Waals surface area contributed by atoms with E-state index in [-0.39, 0.29) is 11.6 Å². The van der Waals surface area contributed by atoms with E-state index in [1.807, 2.05) is 30.3 Å². The summed E-state index contributed by atoms with van der Waals surface area (Å²) in [5.41, 5.74) is 2.60. The lowest BCUT2D eigenvalue weighted by atomic mass is 9.94. The van der Waals surface area contributed by atoms with Crippen LogP contribution in [0, 0.1) is 10.1 Å². The summed E-state index contributed by atoms with van der Waals surface area (Å²) in [6, 6.07) is 21.6. The molecule has 9 nitrogen and oxygen atoms in total. The monoisotopic (exact) mass is 486 g/mol. The zero-order valence-electron chi connectivity index (χ0n) is 18.5. The fourth-order valence-electron chi connectivity index (χ4n) is 4.04. The minimum absolute atomic E-state index is 0.0884. The first kappa shape index (κ1) is 22.3. The fourth-order valence-corrected chi connectivity index (χ4v) is 4.26. The van der Waals surface area contributed by atoms with Crippen LogP contribution in [0.4, 0.5) is 17.3 Å². The molecule has 0 aliphatic carbocycles. The van der Waals surface area contributed by atoms with E-state index >= 15 is 0 Å². The Morgan fingerprint density at radius 1 is 1.09 bits per heavy atom. The summed E-state index contributed by atoms with van der Waals surface area (Å²) in [4.78, 5) is 29.1. The summed E-state index contributed by atoms with van der Waals surface area (Å²) >= 11 is 6.37. The van der Waals surface area contributed by atoms with Gasteiger partial charge in [-0.2, -0.15) is 4.98 Å². The number of fused-ring (bicyclic) bond motifs is 1. The zero-order chi connectivity index (χ0) is 24.5. The molecule has 0 unspecified atom stereocenters. The second kappa shape index (κ2) is 9.03. The van der Waals surface area contributed by atoms with Crippen LogP contribution in [-0.4, -0.2) is 25.6 Å². The number of para-hydroxylation sites is 1. The quantitative estimate of drug-likeness (QED) is 0.287. The zero-order valence-corrected chi connectivity index (χ0v) is 19.2. The van der Waals surface area contributed by atoms with Gasteiger partial charge in [-0.1, -0.05) is 54.1 Å². The van der Waals surface area contributed by atoms with Crippen molar-refractivity contribution in [2.24, 2.45) is 0 Å². The molecule has 1 aliphatic rings. The molecule has 1 amide bonds. The van der Waals surface area contributed by atoms with E-state index in [4.69, 9.17) is 11.6 Å². The van der Waals surface area contributed by atoms with Crippen molar-refractivity contribution in [2.45, 2.75) is 13.0 Å². The predicted octanol–water partition coefficient (Wildman–Crippen LogP) is 5.43. The van der Waals surface area contributed by atoms with Gasteiger partial charge >= 0.3 is 0 Å². The molecule has 1 atom stereocenters. The van der Waals surface area contributed by atoms with E-state index in [1.165, 1.54) is 12.1 Å². The number of anilines is 2. The highest BCUT2D eigenvalue weighted by Crippen LogP contribution is 2.38. The lowest BCUT2D eigenvalue weighted by Gasteiger charge is -2.28. The Kier molecular flexibility index (Phi) is 5.76. The number of non-ortho nitro benzene ring substituents is 1. The molecule has 0 fully saturated rings. The average Bonchev–Trinajstić information content (AvgIpc) is 3.27. The van der Waals surface area contributed by atoms with E-state index in [0.717, 1.165) is 0 Å². The van der Waals surface area contributed by atoms with Gasteiger partial charge in [-0.25, -0.2) is 4.68 Å². The number of nitrogens with zero attached hydrogens (tertiary/aromatic N) is 4. The van der Waals surface area contributed by atoms with E-state index in [0.29, 0.717) is 44.9 Å². The summed E-state index contributed by atoms with van der Waals surface area (Å²) < 4.78 is 1.56. The largest absolute Gasteiger partial charge is 0.328 e. The number of amides is 1. The number of hydrogen-bond donors (Lipinski definition) is 2. The number of halogens is 1. The summed E-state index contributed by atoms with van der Waals surface area (Å²) in [5.74, 6) is 0.398. The van der Waals surface area contributed by atoms with Gasteiger partial charge in [0.05, 0.1) is 15.5 Å². The molecular weight excluding hydrogens is 468 g/mol. The van der Waals surface area contributed by atoms with E-state index < -0.39 is 11.0 Å². The molecule has 0 radical (unpaired) electrons. The molecule has 3 aromatic carbocycles. The molecule has 5 rings (SSSR count). The molecule has 1 aromatic heterocycles. The summed E-state index contributed by atoms with van der Waals surface area (Å²) in [6.07, 6.45) is 0. The fraction of sp³-hybridized carbons (Fsp3) is 0.0800. The first-order valence-corrected chi connectivity index (χ1v) is 11.1. The minimum atomic E-state index is -0.765. The third-order valence-corrected chi connectivity index (χ3v) is 5.97. The molecule has 1 aliphatic heterocycles. The number of rotatable bonds is 5. The Hall–Kier alpha value is -4.50. The minimum Gasteiger partial charge on any atom is -0.328 e. The Balaban J connectivity index is 1.65. The number of nitrogens with one attached hydrogen (secondary N) is 2. The maximum atomic E-state index is 13.5. The van der Waals surface area contributed by atoms with Crippen LogP contribution in [0.3, 0.4) is 0 Å². The predicted molar refractivity (Wildman–Crippen MR) is 133 cm³/mol. The van der Waals surface area contributed by atoms with Crippen LogP contribution in [0.5, 0.6) is 0 Å². The van der Waals surface area contributed by atoms with E-state index in [1.54, 1.807) is 48.0 Å². The number of carbonyl (C=O) groups is 1. The average molecular weight is 487 g/mol. The molecule has 0 spiro atoms. The maximum Gasteiger partial charge on any atom is 0.269 e. The van der Waals surface area contributed by atoms with Crippen LogP contribution in [0.2, 0.25) is 5.02 Å². The van der Waals surface area contributed by atoms with Crippen LogP contribution in [-0.2, 0) is 4.79 Å². The van der Waals surface area contributed by atoms with Crippen LogP contribution in [0.25, 0.3) is 11.4 Å². The Morgan fingerprint density at radius 3 is 2.57 bits per heavy atom. The van der Waals surface area contributed by atoms with Crippen molar-refractivity contribution in [1.82, 2.24) is 14.8 Å². The van der Waals surface area contributed by atoms with Crippen molar-refractivity contribution in [2.75, 3.05) is 10.6 Å². The molecule has 4 aromatic rings. The highest BCUT2D eigenvalue weighted by atomic mass is 35.5. The topological polar surface area (TPSA) is 115 Å². The number of nitro groups is 1. The van der Waals surface area contributed by atoms with Crippen molar-refractivity contribution in [3.05, 3.63) is 111 Å². The molecule has 35 heavy (non-hydrogen) atoms. The molecule has 0 saturated carbocycles. The number of allylic oxidation sites excluding steroid dienone is 1. The van der Waals surface area contributed by atoms with E-state index in [9.17, 15) is 14.9 Å². The SMILES string of the molecule is CC1=C(C(=O)Nc2ccccc2)[C@@H](c2cccc([N+](=O)[O-])c2)n2nc(-c3ccccc3Cl)nc2N1. The van der Waals surface area contributed by atoms with Crippen LogP contribution < -0.4 is 10.6 Å². The highest BCUT2D eigenvalue weighted by Gasteiger charge is 2.35. The van der Waals surface area contributed by atoms with Crippen molar-refractivity contribution in [3.8, 4) is 11.4 Å². The molecular formula is C25H19ClN6O3. The lowest BCUT2D eigenvalue weighted by Crippen LogP contribution is -2.31. The third-order valence-electron chi connectivity index (χ3n) is 5.64. The third kappa shape index (κ3) is 4.24. The lowest BCUT2D eigenvalue weighted by molar-refractivity contribution is -0.384. The number of aromatic nitrogens is 3. The maximum absolute atomic E-state index is 13.5. The van der Waals surface area contributed by atoms with E-state index in [2.05, 4.69) is 20.7 Å². The van der Waals surface area contributed by atoms with Gasteiger partial charge in [0.1, 0.15) is 6.04 Å². The second-order valence-electron chi connectivity index (χ2n) is 7.92. The van der Waals surface area contributed by atoms with Gasteiger partial charge in [0.2, 0.25) is 5.95 Å². The molecule has 10 heteroatoms. The Bertz CT molecular complexity index is 1480. The van der Waals surface area contributed by atoms with Gasteiger partial charge in [0.25, 0.3) is 11.6 Å². The van der Waals surface area contributed by atoms with Gasteiger partial charge in [-0.05, 0) is 36.8 Å². The standard InChI is InChI=1S/C25H19ClN6O3/c1-15-21(24(33)28-17-9-3-2-4-10-17)22(16-8-7-11-18(14-16)32(34)35)31-25(27-15)29-23(30-31)19-12-5-6-13-20(19)26/h2-14,22H,1H3,(H,28,33)(H,27,29,30)/t22-/m1/s1. The Labute approximate surface area is 205 Å². The van der Waals surface area contributed by atoms with Crippen LogP contribution in [0.15, 0.2) is 90.1 Å². The van der Waals surface area contributed by atoms with Gasteiger partial charge in [0, 0.05) is 29.1 Å². The van der Waals surface area contributed by atoms with Crippen LogP contribution in [0.1, 0.15) is 18.5 Å². The first-order chi connectivity index (χ1) is 16.9.